The summed E-state index contributed by atoms with van der Waals surface area (Å²) < 4.78 is 5.25. The maximum absolute atomic E-state index is 12.7. The van der Waals surface area contributed by atoms with Gasteiger partial charge in [0.05, 0.1) is 18.3 Å². The van der Waals surface area contributed by atoms with E-state index in [1.54, 1.807) is 18.4 Å². The molecule has 0 aromatic carbocycles. The Morgan fingerprint density at radius 2 is 2.13 bits per heavy atom. The highest BCUT2D eigenvalue weighted by atomic mass is 16.4. The van der Waals surface area contributed by atoms with Crippen LogP contribution in [0, 0.1) is 0 Å². The molecule has 23 heavy (non-hydrogen) atoms. The Hall–Kier alpha value is -1.33. The van der Waals surface area contributed by atoms with E-state index in [4.69, 9.17) is 4.42 Å². The number of hydrogen-bond donors (Lipinski definition) is 2. The average molecular weight is 321 g/mol. The topological polar surface area (TPSA) is 73.9 Å². The fourth-order valence-electron chi connectivity index (χ4n) is 4.03. The van der Waals surface area contributed by atoms with E-state index in [2.05, 4.69) is 0 Å². The van der Waals surface area contributed by atoms with Crippen molar-refractivity contribution < 1.29 is 19.4 Å². The first-order valence-corrected chi connectivity index (χ1v) is 8.81. The number of rotatable bonds is 5. The molecule has 2 aliphatic rings. The number of likely N-dealkylation sites (tertiary alicyclic amines) is 1. The number of aliphatic hydroxyl groups is 2. The van der Waals surface area contributed by atoms with Crippen molar-refractivity contribution in [2.45, 2.75) is 75.5 Å². The molecule has 2 fully saturated rings. The van der Waals surface area contributed by atoms with Gasteiger partial charge in [-0.1, -0.05) is 19.3 Å². The summed E-state index contributed by atoms with van der Waals surface area (Å²) in [5.41, 5.74) is -0.817. The molecule has 0 spiro atoms. The molecule has 1 aromatic rings. The second kappa shape index (κ2) is 7.05. The fourth-order valence-corrected chi connectivity index (χ4v) is 4.03. The summed E-state index contributed by atoms with van der Waals surface area (Å²) in [5, 5.41) is 20.9. The zero-order chi connectivity index (χ0) is 16.3. The van der Waals surface area contributed by atoms with Crippen LogP contribution < -0.4 is 0 Å². The van der Waals surface area contributed by atoms with Crippen molar-refractivity contribution >= 4 is 5.91 Å². The SMILES string of the molecule is O=C(CC1(O)CCCCC1)N1CCCC1CC(O)c1ccco1. The van der Waals surface area contributed by atoms with Crippen LogP contribution in [0.15, 0.2) is 22.8 Å². The second-order valence-electron chi connectivity index (χ2n) is 7.11. The molecule has 2 heterocycles. The molecule has 1 saturated heterocycles. The van der Waals surface area contributed by atoms with Gasteiger partial charge in [-0.15, -0.1) is 0 Å². The van der Waals surface area contributed by atoms with Crippen LogP contribution in [0.3, 0.4) is 0 Å². The largest absolute Gasteiger partial charge is 0.467 e. The fraction of sp³-hybridized carbons (Fsp3) is 0.722. The molecule has 1 saturated carbocycles. The lowest BCUT2D eigenvalue weighted by atomic mass is 9.82. The maximum Gasteiger partial charge on any atom is 0.225 e. The van der Waals surface area contributed by atoms with Crippen molar-refractivity contribution in [1.29, 1.82) is 0 Å². The van der Waals surface area contributed by atoms with Gasteiger partial charge in [-0.05, 0) is 37.8 Å². The van der Waals surface area contributed by atoms with Crippen molar-refractivity contribution in [2.75, 3.05) is 6.54 Å². The molecule has 0 bridgehead atoms. The summed E-state index contributed by atoms with van der Waals surface area (Å²) >= 11 is 0. The zero-order valence-corrected chi connectivity index (χ0v) is 13.6. The number of aliphatic hydroxyl groups excluding tert-OH is 1. The summed E-state index contributed by atoms with van der Waals surface area (Å²) in [6.07, 6.45) is 8.07. The molecular weight excluding hydrogens is 294 g/mol. The summed E-state index contributed by atoms with van der Waals surface area (Å²) in [4.78, 5) is 14.5. The van der Waals surface area contributed by atoms with Crippen molar-refractivity contribution in [2.24, 2.45) is 0 Å². The minimum absolute atomic E-state index is 0.0311. The Kier molecular flexibility index (Phi) is 5.07. The number of furan rings is 1. The first kappa shape index (κ1) is 16.5. The lowest BCUT2D eigenvalue weighted by Gasteiger charge is -2.34. The minimum atomic E-state index is -0.817. The molecule has 5 heteroatoms. The number of carbonyl (C=O) groups is 1. The number of amides is 1. The lowest BCUT2D eigenvalue weighted by Crippen LogP contribution is -2.43. The summed E-state index contributed by atoms with van der Waals surface area (Å²) in [7, 11) is 0. The van der Waals surface area contributed by atoms with Crippen LogP contribution in [-0.2, 0) is 4.79 Å². The standard InChI is InChI=1S/C18H27NO4/c20-15(16-7-5-11-23-16)12-14-6-4-10-19(14)17(21)13-18(22)8-2-1-3-9-18/h5,7,11,14-15,20,22H,1-4,6,8-10,12-13H2. The van der Waals surface area contributed by atoms with Gasteiger partial charge in [0.15, 0.2) is 0 Å². The molecule has 3 rings (SSSR count). The molecule has 1 aliphatic carbocycles. The van der Waals surface area contributed by atoms with Crippen molar-refractivity contribution in [3.63, 3.8) is 0 Å². The van der Waals surface area contributed by atoms with E-state index < -0.39 is 11.7 Å². The first-order valence-electron chi connectivity index (χ1n) is 8.81. The van der Waals surface area contributed by atoms with Crippen molar-refractivity contribution in [1.82, 2.24) is 4.90 Å². The smallest absolute Gasteiger partial charge is 0.225 e. The van der Waals surface area contributed by atoms with E-state index in [-0.39, 0.29) is 18.4 Å². The molecule has 5 nitrogen and oxygen atoms in total. The van der Waals surface area contributed by atoms with Crippen LogP contribution in [0.4, 0.5) is 0 Å². The summed E-state index contributed by atoms with van der Waals surface area (Å²) in [6, 6.07) is 3.56. The Morgan fingerprint density at radius 3 is 2.83 bits per heavy atom. The highest BCUT2D eigenvalue weighted by Crippen LogP contribution is 2.34. The van der Waals surface area contributed by atoms with Gasteiger partial charge in [0, 0.05) is 19.0 Å². The molecule has 2 unspecified atom stereocenters. The maximum atomic E-state index is 12.7. The summed E-state index contributed by atoms with van der Waals surface area (Å²) in [6.45, 7) is 0.727. The van der Waals surface area contributed by atoms with Gasteiger partial charge in [-0.2, -0.15) is 0 Å². The number of nitrogens with zero attached hydrogens (tertiary/aromatic N) is 1. The average Bonchev–Trinajstić information content (AvgIpc) is 3.18. The van der Waals surface area contributed by atoms with Crippen LogP contribution in [0.5, 0.6) is 0 Å². The summed E-state index contributed by atoms with van der Waals surface area (Å²) in [5.74, 6) is 0.582. The van der Waals surface area contributed by atoms with Gasteiger partial charge >= 0.3 is 0 Å². The minimum Gasteiger partial charge on any atom is -0.467 e. The van der Waals surface area contributed by atoms with E-state index in [9.17, 15) is 15.0 Å². The molecule has 0 radical (unpaired) electrons. The predicted molar refractivity (Wildman–Crippen MR) is 85.7 cm³/mol. The molecule has 128 valence electrons. The van der Waals surface area contributed by atoms with Crippen LogP contribution >= 0.6 is 0 Å². The monoisotopic (exact) mass is 321 g/mol. The molecule has 2 N–H and O–H groups in total. The molecule has 1 aliphatic heterocycles. The van der Waals surface area contributed by atoms with Crippen molar-refractivity contribution in [3.8, 4) is 0 Å². The van der Waals surface area contributed by atoms with Gasteiger partial charge in [0.25, 0.3) is 0 Å². The van der Waals surface area contributed by atoms with Crippen molar-refractivity contribution in [3.05, 3.63) is 24.2 Å². The van der Waals surface area contributed by atoms with E-state index in [0.29, 0.717) is 12.2 Å². The highest BCUT2D eigenvalue weighted by Gasteiger charge is 2.37. The van der Waals surface area contributed by atoms with E-state index in [0.717, 1.165) is 51.5 Å². The van der Waals surface area contributed by atoms with Gasteiger partial charge in [0.2, 0.25) is 5.91 Å². The third-order valence-electron chi connectivity index (χ3n) is 5.33. The van der Waals surface area contributed by atoms with Crippen LogP contribution in [-0.4, -0.2) is 39.2 Å². The Labute approximate surface area is 137 Å². The quantitative estimate of drug-likeness (QED) is 0.874. The first-order chi connectivity index (χ1) is 11.1. The van der Waals surface area contributed by atoms with Gasteiger partial charge < -0.3 is 19.5 Å². The van der Waals surface area contributed by atoms with Crippen LogP contribution in [0.2, 0.25) is 0 Å². The van der Waals surface area contributed by atoms with Gasteiger partial charge in [-0.25, -0.2) is 0 Å². The van der Waals surface area contributed by atoms with Gasteiger partial charge in [0.1, 0.15) is 11.9 Å². The van der Waals surface area contributed by atoms with E-state index >= 15 is 0 Å². The van der Waals surface area contributed by atoms with E-state index in [1.165, 1.54) is 0 Å². The third-order valence-corrected chi connectivity index (χ3v) is 5.33. The second-order valence-corrected chi connectivity index (χ2v) is 7.11. The number of carbonyl (C=O) groups excluding carboxylic acids is 1. The highest BCUT2D eigenvalue weighted by molar-refractivity contribution is 5.78. The zero-order valence-electron chi connectivity index (χ0n) is 13.6. The van der Waals surface area contributed by atoms with E-state index in [1.807, 2.05) is 4.90 Å². The molecule has 1 amide bonds. The van der Waals surface area contributed by atoms with Gasteiger partial charge in [-0.3, -0.25) is 4.79 Å². The third kappa shape index (κ3) is 3.96. The number of hydrogen-bond acceptors (Lipinski definition) is 4. The Bertz CT molecular complexity index is 507. The predicted octanol–water partition coefficient (Wildman–Crippen LogP) is 2.78. The molecular formula is C18H27NO4. The molecule has 1 aromatic heterocycles. The Balaban J connectivity index is 1.58. The lowest BCUT2D eigenvalue weighted by molar-refractivity contribution is -0.139. The van der Waals surface area contributed by atoms with Crippen LogP contribution in [0.1, 0.15) is 69.7 Å². The molecule has 2 atom stereocenters. The normalized spacial score (nSPS) is 25.5. The van der Waals surface area contributed by atoms with Crippen LogP contribution in [0.25, 0.3) is 0 Å². The Morgan fingerprint density at radius 1 is 1.35 bits per heavy atom.